The number of hydrazine groups is 1. The first kappa shape index (κ1) is 25.5. The number of benzene rings is 4. The Morgan fingerprint density at radius 1 is 0.784 bits per heavy atom. The molecule has 1 aliphatic heterocycles. The molecule has 0 radical (unpaired) electrons. The zero-order valence-electron chi connectivity index (χ0n) is 20.8. The van der Waals surface area contributed by atoms with Gasteiger partial charge in [-0.3, -0.25) is 5.01 Å². The van der Waals surface area contributed by atoms with E-state index in [0.29, 0.717) is 18.0 Å². The summed E-state index contributed by atoms with van der Waals surface area (Å²) in [6.07, 6.45) is 0. The Balaban J connectivity index is 1.43. The van der Waals surface area contributed by atoms with Crippen molar-refractivity contribution in [3.8, 4) is 0 Å². The highest BCUT2D eigenvalue weighted by atomic mass is 32.2. The van der Waals surface area contributed by atoms with Crippen LogP contribution < -0.4 is 10.4 Å². The van der Waals surface area contributed by atoms with Crippen molar-refractivity contribution in [2.75, 3.05) is 23.9 Å². The van der Waals surface area contributed by atoms with E-state index in [9.17, 15) is 8.42 Å². The quantitative estimate of drug-likeness (QED) is 0.209. The van der Waals surface area contributed by atoms with Crippen LogP contribution in [0.3, 0.4) is 0 Å². The second-order valence-electron chi connectivity index (χ2n) is 9.26. The van der Waals surface area contributed by atoms with Crippen LogP contribution in [0.2, 0.25) is 0 Å². The Kier molecular flexibility index (Phi) is 7.96. The molecule has 4 aromatic rings. The van der Waals surface area contributed by atoms with Crippen LogP contribution in [0.15, 0.2) is 125 Å². The lowest BCUT2D eigenvalue weighted by molar-refractivity contribution is 0.456. The molecular weight excluding hydrogens is 498 g/mol. The molecule has 0 aromatic heterocycles. The number of aryl methyl sites for hydroxylation is 1. The van der Waals surface area contributed by atoms with Gasteiger partial charge >= 0.3 is 0 Å². The Morgan fingerprint density at radius 3 is 1.89 bits per heavy atom. The van der Waals surface area contributed by atoms with Gasteiger partial charge in [0.2, 0.25) is 10.0 Å². The highest BCUT2D eigenvalue weighted by Gasteiger charge is 2.40. The topological polar surface area (TPSA) is 52.7 Å². The molecule has 0 unspecified atom stereocenters. The molecule has 1 aliphatic rings. The maximum atomic E-state index is 13.6. The molecular formula is C30H31N3O2S2. The molecule has 0 bridgehead atoms. The number of nitrogens with zero attached hydrogens (tertiary/aromatic N) is 2. The predicted molar refractivity (Wildman–Crippen MR) is 153 cm³/mol. The lowest BCUT2D eigenvalue weighted by atomic mass is 10.1. The number of sulfonamides is 1. The van der Waals surface area contributed by atoms with E-state index in [2.05, 4.69) is 46.8 Å². The van der Waals surface area contributed by atoms with E-state index < -0.39 is 10.0 Å². The van der Waals surface area contributed by atoms with Crippen molar-refractivity contribution >= 4 is 33.2 Å². The van der Waals surface area contributed by atoms with Crippen molar-refractivity contribution in [3.05, 3.63) is 121 Å². The molecule has 190 valence electrons. The number of para-hydroxylation sites is 2. The summed E-state index contributed by atoms with van der Waals surface area (Å²) >= 11 is 1.77. The van der Waals surface area contributed by atoms with Crippen LogP contribution >= 0.6 is 11.8 Å². The minimum absolute atomic E-state index is 0.0724. The van der Waals surface area contributed by atoms with Gasteiger partial charge in [0.15, 0.2) is 0 Å². The predicted octanol–water partition coefficient (Wildman–Crippen LogP) is 6.12. The molecule has 4 aromatic carbocycles. The van der Waals surface area contributed by atoms with E-state index in [1.165, 1.54) is 4.90 Å². The maximum absolute atomic E-state index is 13.6. The molecule has 1 saturated heterocycles. The van der Waals surface area contributed by atoms with Crippen molar-refractivity contribution in [2.24, 2.45) is 5.92 Å². The van der Waals surface area contributed by atoms with Gasteiger partial charge in [0.25, 0.3) is 0 Å². The van der Waals surface area contributed by atoms with Gasteiger partial charge in [-0.25, -0.2) is 13.8 Å². The van der Waals surface area contributed by atoms with E-state index >= 15 is 0 Å². The minimum Gasteiger partial charge on any atom is -0.277 e. The van der Waals surface area contributed by atoms with E-state index in [4.69, 9.17) is 0 Å². The third kappa shape index (κ3) is 6.08. The third-order valence-corrected chi connectivity index (χ3v) is 9.64. The summed E-state index contributed by atoms with van der Waals surface area (Å²) in [5, 5.41) is 2.08. The number of anilines is 2. The second kappa shape index (κ2) is 11.5. The van der Waals surface area contributed by atoms with Gasteiger partial charge < -0.3 is 0 Å². The average Bonchev–Trinajstić information content (AvgIpc) is 3.36. The molecule has 2 atom stereocenters. The molecule has 1 heterocycles. The van der Waals surface area contributed by atoms with Crippen molar-refractivity contribution in [1.82, 2.24) is 9.73 Å². The zero-order valence-corrected chi connectivity index (χ0v) is 22.4. The van der Waals surface area contributed by atoms with Crippen LogP contribution in [-0.4, -0.2) is 37.6 Å². The van der Waals surface area contributed by atoms with Crippen LogP contribution in [0, 0.1) is 12.8 Å². The number of hydrogen-bond acceptors (Lipinski definition) is 5. The Labute approximate surface area is 224 Å². The van der Waals surface area contributed by atoms with Crippen molar-refractivity contribution in [1.29, 1.82) is 0 Å². The average molecular weight is 530 g/mol. The summed E-state index contributed by atoms with van der Waals surface area (Å²) in [5.74, 6) is 0.916. The lowest BCUT2D eigenvalue weighted by Gasteiger charge is -2.31. The van der Waals surface area contributed by atoms with Gasteiger partial charge in [-0.1, -0.05) is 72.3 Å². The van der Waals surface area contributed by atoms with E-state index in [-0.39, 0.29) is 12.0 Å². The summed E-state index contributed by atoms with van der Waals surface area (Å²) in [5.41, 5.74) is 6.76. The lowest BCUT2D eigenvalue weighted by Crippen LogP contribution is -2.47. The Hall–Kier alpha value is -3.10. The molecule has 1 fully saturated rings. The van der Waals surface area contributed by atoms with E-state index in [1.54, 1.807) is 28.2 Å². The van der Waals surface area contributed by atoms with Gasteiger partial charge in [0.1, 0.15) is 0 Å². The molecule has 0 spiro atoms. The van der Waals surface area contributed by atoms with E-state index in [1.807, 2.05) is 73.7 Å². The van der Waals surface area contributed by atoms with Crippen LogP contribution in [0.25, 0.3) is 0 Å². The summed E-state index contributed by atoms with van der Waals surface area (Å²) in [6.45, 7) is 2.82. The van der Waals surface area contributed by atoms with Crippen molar-refractivity contribution < 1.29 is 8.42 Å². The monoisotopic (exact) mass is 529 g/mol. The van der Waals surface area contributed by atoms with Crippen molar-refractivity contribution in [2.45, 2.75) is 22.8 Å². The largest absolute Gasteiger partial charge is 0.277 e. The number of nitrogens with one attached hydrogen (secondary N) is 1. The summed E-state index contributed by atoms with van der Waals surface area (Å²) in [4.78, 5) is 1.53. The first-order valence-electron chi connectivity index (χ1n) is 12.4. The molecule has 0 saturated carbocycles. The molecule has 5 nitrogen and oxygen atoms in total. The first-order valence-corrected chi connectivity index (χ1v) is 14.8. The minimum atomic E-state index is -3.60. The SMILES string of the molecule is Cc1ccc(S(=O)(=O)N2C[C@@H](CSc3ccccc3)[C@@H](NN(c3ccccc3)c3ccccc3)C2)cc1. The van der Waals surface area contributed by atoms with Gasteiger partial charge in [-0.15, -0.1) is 11.8 Å². The molecule has 7 heteroatoms. The molecule has 0 amide bonds. The van der Waals surface area contributed by atoms with Crippen LogP contribution in [0.5, 0.6) is 0 Å². The molecule has 0 aliphatic carbocycles. The highest BCUT2D eigenvalue weighted by Crippen LogP contribution is 2.32. The number of thioether (sulfide) groups is 1. The molecule has 5 rings (SSSR count). The summed E-state index contributed by atoms with van der Waals surface area (Å²) in [7, 11) is -3.60. The normalized spacial score (nSPS) is 18.1. The fraction of sp³-hybridized carbons (Fsp3) is 0.200. The van der Waals surface area contributed by atoms with E-state index in [0.717, 1.165) is 22.7 Å². The standard InChI is InChI=1S/C30H31N3O2S2/c1-24-17-19-29(20-18-24)37(34,35)32-21-25(23-36-28-15-9-4-10-16-28)30(22-32)31-33(26-11-5-2-6-12-26)27-13-7-3-8-14-27/h2-20,25,30-31H,21-23H2,1H3/t25-,30-/m0/s1. The Morgan fingerprint density at radius 2 is 1.32 bits per heavy atom. The van der Waals surface area contributed by atoms with Gasteiger partial charge in [-0.2, -0.15) is 4.31 Å². The van der Waals surface area contributed by atoms with Crippen LogP contribution in [0.4, 0.5) is 11.4 Å². The molecule has 37 heavy (non-hydrogen) atoms. The number of rotatable bonds is 9. The summed E-state index contributed by atoms with van der Waals surface area (Å²) < 4.78 is 28.9. The van der Waals surface area contributed by atoms with Gasteiger partial charge in [0.05, 0.1) is 16.3 Å². The highest BCUT2D eigenvalue weighted by molar-refractivity contribution is 7.99. The zero-order chi connectivity index (χ0) is 25.7. The van der Waals surface area contributed by atoms with Crippen LogP contribution in [0.1, 0.15) is 5.56 Å². The van der Waals surface area contributed by atoms with Gasteiger partial charge in [-0.05, 0) is 55.5 Å². The smallest absolute Gasteiger partial charge is 0.243 e. The number of hydrogen-bond donors (Lipinski definition) is 1. The fourth-order valence-corrected chi connectivity index (χ4v) is 7.16. The molecule has 1 N–H and O–H groups in total. The van der Waals surface area contributed by atoms with Crippen molar-refractivity contribution in [3.63, 3.8) is 0 Å². The maximum Gasteiger partial charge on any atom is 0.243 e. The fourth-order valence-electron chi connectivity index (χ4n) is 4.54. The Bertz CT molecular complexity index is 1340. The second-order valence-corrected chi connectivity index (χ2v) is 12.3. The first-order chi connectivity index (χ1) is 18.0. The third-order valence-electron chi connectivity index (χ3n) is 6.60. The van der Waals surface area contributed by atoms with Gasteiger partial charge in [0, 0.05) is 35.7 Å². The van der Waals surface area contributed by atoms with Crippen LogP contribution in [-0.2, 0) is 10.0 Å². The summed E-state index contributed by atoms with van der Waals surface area (Å²) in [6, 6.07) is 37.6.